The molecular formula is C10H12O6. The van der Waals surface area contributed by atoms with Crippen LogP contribution < -0.4 is 5.63 Å². The van der Waals surface area contributed by atoms with Gasteiger partial charge in [-0.1, -0.05) is 0 Å². The summed E-state index contributed by atoms with van der Waals surface area (Å²) in [7, 11) is 0. The highest BCUT2D eigenvalue weighted by Gasteiger charge is 2.36. The molecule has 1 fully saturated rings. The summed E-state index contributed by atoms with van der Waals surface area (Å²) >= 11 is 0. The predicted octanol–water partition coefficient (Wildman–Crippen LogP) is -0.471. The SMILES string of the molecule is O=c1ccc(C2CC(O)C(CO)O2)c(O)o1. The molecule has 2 rings (SSSR count). The van der Waals surface area contributed by atoms with E-state index in [1.807, 2.05) is 0 Å². The van der Waals surface area contributed by atoms with E-state index in [9.17, 15) is 15.0 Å². The molecule has 0 saturated carbocycles. The van der Waals surface area contributed by atoms with Gasteiger partial charge in [0.05, 0.1) is 24.4 Å². The zero-order valence-corrected chi connectivity index (χ0v) is 8.37. The standard InChI is InChI=1S/C10H12O6/c11-4-8-6(12)3-7(15-8)5-1-2-9(13)16-10(5)14/h1-2,6-8,11-12,14H,3-4H2. The number of rotatable bonds is 2. The summed E-state index contributed by atoms with van der Waals surface area (Å²) in [4.78, 5) is 10.8. The second-order valence-corrected chi connectivity index (χ2v) is 3.66. The van der Waals surface area contributed by atoms with Gasteiger partial charge in [0.15, 0.2) is 0 Å². The van der Waals surface area contributed by atoms with E-state index in [4.69, 9.17) is 9.84 Å². The lowest BCUT2D eigenvalue weighted by Gasteiger charge is -2.12. The molecule has 1 saturated heterocycles. The van der Waals surface area contributed by atoms with Crippen molar-refractivity contribution in [2.45, 2.75) is 24.7 Å². The molecule has 0 radical (unpaired) electrons. The number of aliphatic hydroxyl groups is 2. The molecule has 3 unspecified atom stereocenters. The van der Waals surface area contributed by atoms with E-state index >= 15 is 0 Å². The molecular weight excluding hydrogens is 216 g/mol. The van der Waals surface area contributed by atoms with Crippen molar-refractivity contribution in [1.29, 1.82) is 0 Å². The van der Waals surface area contributed by atoms with Crippen LogP contribution in [0.25, 0.3) is 0 Å². The molecule has 1 aliphatic rings. The minimum Gasteiger partial charge on any atom is -0.480 e. The molecule has 1 aromatic heterocycles. The summed E-state index contributed by atoms with van der Waals surface area (Å²) in [6, 6.07) is 2.55. The molecule has 6 heteroatoms. The van der Waals surface area contributed by atoms with Crippen LogP contribution in [0.3, 0.4) is 0 Å². The third-order valence-electron chi connectivity index (χ3n) is 2.59. The van der Waals surface area contributed by atoms with Crippen LogP contribution in [0.4, 0.5) is 0 Å². The highest BCUT2D eigenvalue weighted by atomic mass is 16.5. The zero-order valence-electron chi connectivity index (χ0n) is 8.37. The average Bonchev–Trinajstić information content (AvgIpc) is 2.59. The third kappa shape index (κ3) is 1.95. The Balaban J connectivity index is 2.23. The lowest BCUT2D eigenvalue weighted by molar-refractivity contribution is -0.0238. The predicted molar refractivity (Wildman–Crippen MR) is 52.0 cm³/mol. The Morgan fingerprint density at radius 3 is 2.75 bits per heavy atom. The van der Waals surface area contributed by atoms with Crippen molar-refractivity contribution in [2.24, 2.45) is 0 Å². The van der Waals surface area contributed by atoms with Crippen LogP contribution in [-0.2, 0) is 4.74 Å². The van der Waals surface area contributed by atoms with Crippen molar-refractivity contribution in [3.8, 4) is 5.95 Å². The molecule has 0 spiro atoms. The van der Waals surface area contributed by atoms with Crippen LogP contribution in [0.1, 0.15) is 18.1 Å². The van der Waals surface area contributed by atoms with E-state index in [1.165, 1.54) is 6.07 Å². The fraction of sp³-hybridized carbons (Fsp3) is 0.500. The summed E-state index contributed by atoms with van der Waals surface area (Å²) in [5.74, 6) is -0.511. The highest BCUT2D eigenvalue weighted by Crippen LogP contribution is 2.36. The van der Waals surface area contributed by atoms with Gasteiger partial charge in [0.1, 0.15) is 6.10 Å². The van der Waals surface area contributed by atoms with Crippen molar-refractivity contribution in [2.75, 3.05) is 6.61 Å². The van der Waals surface area contributed by atoms with Gasteiger partial charge in [-0.25, -0.2) is 4.79 Å². The summed E-state index contributed by atoms with van der Waals surface area (Å²) < 4.78 is 9.81. The Kier molecular flexibility index (Phi) is 2.95. The second kappa shape index (κ2) is 4.25. The summed E-state index contributed by atoms with van der Waals surface area (Å²) in [6.07, 6.45) is -1.79. The van der Waals surface area contributed by atoms with E-state index in [0.717, 1.165) is 6.07 Å². The van der Waals surface area contributed by atoms with Gasteiger partial charge in [-0.2, -0.15) is 0 Å². The van der Waals surface area contributed by atoms with Crippen LogP contribution in [0.2, 0.25) is 0 Å². The van der Waals surface area contributed by atoms with Crippen molar-refractivity contribution >= 4 is 0 Å². The Bertz CT molecular complexity index is 426. The molecule has 6 nitrogen and oxygen atoms in total. The van der Waals surface area contributed by atoms with Crippen LogP contribution in [0, 0.1) is 0 Å². The molecule has 1 aliphatic heterocycles. The first kappa shape index (κ1) is 11.1. The van der Waals surface area contributed by atoms with Crippen LogP contribution in [0.15, 0.2) is 21.3 Å². The molecule has 16 heavy (non-hydrogen) atoms. The zero-order chi connectivity index (χ0) is 11.7. The van der Waals surface area contributed by atoms with Crippen molar-refractivity contribution in [3.63, 3.8) is 0 Å². The Morgan fingerprint density at radius 2 is 2.19 bits per heavy atom. The fourth-order valence-electron chi connectivity index (χ4n) is 1.76. The van der Waals surface area contributed by atoms with Gasteiger partial charge in [0.25, 0.3) is 5.95 Å². The topological polar surface area (TPSA) is 100 Å². The third-order valence-corrected chi connectivity index (χ3v) is 2.59. The van der Waals surface area contributed by atoms with Crippen molar-refractivity contribution in [1.82, 2.24) is 0 Å². The molecule has 88 valence electrons. The maximum atomic E-state index is 10.8. The van der Waals surface area contributed by atoms with Gasteiger partial charge in [-0.15, -0.1) is 0 Å². The smallest absolute Gasteiger partial charge is 0.338 e. The molecule has 0 aliphatic carbocycles. The minimum atomic E-state index is -0.790. The first-order valence-corrected chi connectivity index (χ1v) is 4.89. The molecule has 3 atom stereocenters. The summed E-state index contributed by atoms with van der Waals surface area (Å²) in [6.45, 7) is -0.296. The van der Waals surface area contributed by atoms with E-state index in [1.54, 1.807) is 0 Å². The first-order chi connectivity index (χ1) is 7.61. The van der Waals surface area contributed by atoms with Gasteiger partial charge >= 0.3 is 5.63 Å². The molecule has 3 N–H and O–H groups in total. The fourth-order valence-corrected chi connectivity index (χ4v) is 1.76. The molecule has 2 heterocycles. The van der Waals surface area contributed by atoms with Gasteiger partial charge in [0, 0.05) is 12.5 Å². The van der Waals surface area contributed by atoms with Gasteiger partial charge < -0.3 is 24.5 Å². The van der Waals surface area contributed by atoms with Crippen molar-refractivity contribution < 1.29 is 24.5 Å². The maximum Gasteiger partial charge on any atom is 0.338 e. The Labute approximate surface area is 90.7 Å². The average molecular weight is 228 g/mol. The lowest BCUT2D eigenvalue weighted by atomic mass is 10.1. The number of aromatic hydroxyl groups is 1. The normalized spacial score (nSPS) is 29.5. The number of hydrogen-bond donors (Lipinski definition) is 3. The largest absolute Gasteiger partial charge is 0.480 e. The van der Waals surface area contributed by atoms with Gasteiger partial charge in [-0.05, 0) is 6.07 Å². The molecule has 0 amide bonds. The van der Waals surface area contributed by atoms with E-state index in [2.05, 4.69) is 4.42 Å². The number of aliphatic hydroxyl groups excluding tert-OH is 2. The number of ether oxygens (including phenoxy) is 1. The molecule has 0 bridgehead atoms. The first-order valence-electron chi connectivity index (χ1n) is 4.89. The summed E-state index contributed by atoms with van der Waals surface area (Å²) in [5, 5.41) is 27.8. The van der Waals surface area contributed by atoms with Crippen molar-refractivity contribution in [3.05, 3.63) is 28.1 Å². The van der Waals surface area contributed by atoms with E-state index in [0.29, 0.717) is 5.56 Å². The van der Waals surface area contributed by atoms with Crippen LogP contribution >= 0.6 is 0 Å². The van der Waals surface area contributed by atoms with Crippen LogP contribution in [-0.4, -0.2) is 34.1 Å². The van der Waals surface area contributed by atoms with E-state index < -0.39 is 29.9 Å². The van der Waals surface area contributed by atoms with Gasteiger partial charge in [0.2, 0.25) is 0 Å². The quantitative estimate of drug-likeness (QED) is 0.632. The van der Waals surface area contributed by atoms with E-state index in [-0.39, 0.29) is 13.0 Å². The van der Waals surface area contributed by atoms with Crippen LogP contribution in [0.5, 0.6) is 5.95 Å². The maximum absolute atomic E-state index is 10.8. The lowest BCUT2D eigenvalue weighted by Crippen LogP contribution is -2.24. The minimum absolute atomic E-state index is 0.243. The molecule has 0 aromatic carbocycles. The Hall–Kier alpha value is -1.37. The monoisotopic (exact) mass is 228 g/mol. The Morgan fingerprint density at radius 1 is 1.44 bits per heavy atom. The highest BCUT2D eigenvalue weighted by molar-refractivity contribution is 5.24. The van der Waals surface area contributed by atoms with Gasteiger partial charge in [-0.3, -0.25) is 0 Å². The molecule has 1 aromatic rings. The second-order valence-electron chi connectivity index (χ2n) is 3.66. The summed E-state index contributed by atoms with van der Waals surface area (Å²) in [5.41, 5.74) is -0.354. The number of hydrogen-bond acceptors (Lipinski definition) is 6.